The molecule has 2 heterocycles. The SMILES string of the molecule is NCC1CCN(C(=O)c2sc3cc(Cl)ccc3c2Cl)C1. The second-order valence-electron chi connectivity index (χ2n) is 5.03. The molecule has 0 spiro atoms. The zero-order valence-electron chi connectivity index (χ0n) is 10.7. The Morgan fingerprint density at radius 1 is 1.45 bits per heavy atom. The molecule has 1 fully saturated rings. The van der Waals surface area contributed by atoms with E-state index < -0.39 is 0 Å². The summed E-state index contributed by atoms with van der Waals surface area (Å²) in [5, 5.41) is 2.07. The summed E-state index contributed by atoms with van der Waals surface area (Å²) in [7, 11) is 0. The van der Waals surface area contributed by atoms with Crippen LogP contribution in [0.4, 0.5) is 0 Å². The largest absolute Gasteiger partial charge is 0.338 e. The van der Waals surface area contributed by atoms with Gasteiger partial charge in [0, 0.05) is 28.2 Å². The van der Waals surface area contributed by atoms with Crippen molar-refractivity contribution in [2.75, 3.05) is 19.6 Å². The molecule has 3 rings (SSSR count). The van der Waals surface area contributed by atoms with Gasteiger partial charge in [0.15, 0.2) is 0 Å². The molecule has 6 heteroatoms. The van der Waals surface area contributed by atoms with Crippen LogP contribution in [0.25, 0.3) is 10.1 Å². The van der Waals surface area contributed by atoms with Gasteiger partial charge in [-0.1, -0.05) is 29.3 Å². The van der Waals surface area contributed by atoms with Crippen molar-refractivity contribution in [1.82, 2.24) is 4.90 Å². The number of likely N-dealkylation sites (tertiary alicyclic amines) is 1. The van der Waals surface area contributed by atoms with Crippen LogP contribution in [-0.4, -0.2) is 30.4 Å². The lowest BCUT2D eigenvalue weighted by Crippen LogP contribution is -2.29. The van der Waals surface area contributed by atoms with Crippen molar-refractivity contribution in [3.8, 4) is 0 Å². The minimum absolute atomic E-state index is 0.00303. The summed E-state index contributed by atoms with van der Waals surface area (Å²) < 4.78 is 0.945. The molecular formula is C14H14Cl2N2OS. The van der Waals surface area contributed by atoms with Crippen molar-refractivity contribution in [3.63, 3.8) is 0 Å². The highest BCUT2D eigenvalue weighted by atomic mass is 35.5. The van der Waals surface area contributed by atoms with Crippen LogP contribution in [0.5, 0.6) is 0 Å². The lowest BCUT2D eigenvalue weighted by molar-refractivity contribution is 0.0792. The number of amides is 1. The van der Waals surface area contributed by atoms with E-state index in [1.807, 2.05) is 17.0 Å². The van der Waals surface area contributed by atoms with Crippen LogP contribution in [0.1, 0.15) is 16.1 Å². The quantitative estimate of drug-likeness (QED) is 0.914. The number of hydrogen-bond acceptors (Lipinski definition) is 3. The van der Waals surface area contributed by atoms with E-state index in [1.54, 1.807) is 6.07 Å². The maximum absolute atomic E-state index is 12.6. The monoisotopic (exact) mass is 328 g/mol. The number of nitrogens with zero attached hydrogens (tertiary/aromatic N) is 1. The van der Waals surface area contributed by atoms with Gasteiger partial charge in [0.25, 0.3) is 5.91 Å². The Balaban J connectivity index is 1.94. The molecule has 1 aliphatic rings. The molecule has 20 heavy (non-hydrogen) atoms. The molecule has 1 aliphatic heterocycles. The number of carbonyl (C=O) groups excluding carboxylic acids is 1. The summed E-state index contributed by atoms with van der Waals surface area (Å²) in [4.78, 5) is 15.0. The maximum Gasteiger partial charge on any atom is 0.265 e. The second-order valence-corrected chi connectivity index (χ2v) is 6.89. The predicted molar refractivity (Wildman–Crippen MR) is 84.9 cm³/mol. The van der Waals surface area contributed by atoms with Gasteiger partial charge in [-0.2, -0.15) is 0 Å². The molecule has 0 saturated carbocycles. The highest BCUT2D eigenvalue weighted by Gasteiger charge is 2.28. The highest BCUT2D eigenvalue weighted by Crippen LogP contribution is 2.37. The molecule has 0 radical (unpaired) electrons. The predicted octanol–water partition coefficient (Wildman–Crippen LogP) is 3.63. The average Bonchev–Trinajstić information content (AvgIpc) is 3.03. The fraction of sp³-hybridized carbons (Fsp3) is 0.357. The number of thiophene rings is 1. The van der Waals surface area contributed by atoms with E-state index in [0.29, 0.717) is 27.4 Å². The average molecular weight is 329 g/mol. The summed E-state index contributed by atoms with van der Waals surface area (Å²) in [5.74, 6) is 0.407. The summed E-state index contributed by atoms with van der Waals surface area (Å²) >= 11 is 13.7. The summed E-state index contributed by atoms with van der Waals surface area (Å²) in [6.45, 7) is 2.10. The van der Waals surface area contributed by atoms with E-state index in [1.165, 1.54) is 11.3 Å². The Kier molecular flexibility index (Phi) is 3.91. The van der Waals surface area contributed by atoms with E-state index >= 15 is 0 Å². The smallest absolute Gasteiger partial charge is 0.265 e. The number of halogens is 2. The molecule has 2 aromatic rings. The Labute approximate surface area is 131 Å². The molecule has 0 aliphatic carbocycles. The molecular weight excluding hydrogens is 315 g/mol. The van der Waals surface area contributed by atoms with Gasteiger partial charge in [-0.3, -0.25) is 4.79 Å². The molecule has 3 nitrogen and oxygen atoms in total. The minimum Gasteiger partial charge on any atom is -0.338 e. The van der Waals surface area contributed by atoms with Crippen LogP contribution >= 0.6 is 34.5 Å². The Morgan fingerprint density at radius 2 is 2.25 bits per heavy atom. The van der Waals surface area contributed by atoms with Gasteiger partial charge < -0.3 is 10.6 Å². The first-order valence-electron chi connectivity index (χ1n) is 6.47. The van der Waals surface area contributed by atoms with E-state index in [-0.39, 0.29) is 5.91 Å². The number of benzene rings is 1. The maximum atomic E-state index is 12.6. The normalized spacial score (nSPS) is 18.9. The number of nitrogens with two attached hydrogens (primary N) is 1. The number of carbonyl (C=O) groups is 1. The fourth-order valence-electron chi connectivity index (χ4n) is 2.53. The van der Waals surface area contributed by atoms with Crippen molar-refractivity contribution in [2.45, 2.75) is 6.42 Å². The Morgan fingerprint density at radius 3 is 2.95 bits per heavy atom. The molecule has 1 amide bonds. The van der Waals surface area contributed by atoms with Crippen LogP contribution < -0.4 is 5.73 Å². The third-order valence-corrected chi connectivity index (χ3v) is 5.57. The fourth-order valence-corrected chi connectivity index (χ4v) is 4.29. The molecule has 0 bridgehead atoms. The number of hydrogen-bond donors (Lipinski definition) is 1. The van der Waals surface area contributed by atoms with Gasteiger partial charge in [0.1, 0.15) is 4.88 Å². The van der Waals surface area contributed by atoms with Crippen LogP contribution in [0.15, 0.2) is 18.2 Å². The standard InChI is InChI=1S/C14H14Cl2N2OS/c15-9-1-2-10-11(5-9)20-13(12(10)16)14(19)18-4-3-8(6-17)7-18/h1-2,5,8H,3-4,6-7,17H2. The Bertz CT molecular complexity index is 670. The van der Waals surface area contributed by atoms with E-state index in [9.17, 15) is 4.79 Å². The van der Waals surface area contributed by atoms with Crippen molar-refractivity contribution < 1.29 is 4.79 Å². The third kappa shape index (κ3) is 2.42. The van der Waals surface area contributed by atoms with Crippen LogP contribution in [-0.2, 0) is 0 Å². The van der Waals surface area contributed by atoms with Gasteiger partial charge >= 0.3 is 0 Å². The van der Waals surface area contributed by atoms with Gasteiger partial charge in [0.2, 0.25) is 0 Å². The zero-order chi connectivity index (χ0) is 14.3. The summed E-state index contributed by atoms with van der Waals surface area (Å²) in [5.41, 5.74) is 5.67. The Hall–Kier alpha value is -0.810. The van der Waals surface area contributed by atoms with Gasteiger partial charge in [0.05, 0.1) is 5.02 Å². The molecule has 1 atom stereocenters. The molecule has 1 aromatic heterocycles. The minimum atomic E-state index is 0.00303. The second kappa shape index (κ2) is 5.53. The van der Waals surface area contributed by atoms with E-state index in [2.05, 4.69) is 0 Å². The molecule has 1 aromatic carbocycles. The third-order valence-electron chi connectivity index (χ3n) is 3.69. The van der Waals surface area contributed by atoms with E-state index in [4.69, 9.17) is 28.9 Å². The lowest BCUT2D eigenvalue weighted by Gasteiger charge is -2.15. The zero-order valence-corrected chi connectivity index (χ0v) is 13.1. The van der Waals surface area contributed by atoms with Crippen LogP contribution in [0.2, 0.25) is 10.0 Å². The number of rotatable bonds is 2. The van der Waals surface area contributed by atoms with Crippen LogP contribution in [0.3, 0.4) is 0 Å². The van der Waals surface area contributed by atoms with Crippen LogP contribution in [0, 0.1) is 5.92 Å². The van der Waals surface area contributed by atoms with Gasteiger partial charge in [-0.15, -0.1) is 11.3 Å². The first-order valence-corrected chi connectivity index (χ1v) is 8.04. The van der Waals surface area contributed by atoms with Gasteiger partial charge in [-0.05, 0) is 31.0 Å². The highest BCUT2D eigenvalue weighted by molar-refractivity contribution is 7.21. The topological polar surface area (TPSA) is 46.3 Å². The van der Waals surface area contributed by atoms with Crippen molar-refractivity contribution in [1.29, 1.82) is 0 Å². The summed E-state index contributed by atoms with van der Waals surface area (Å²) in [6, 6.07) is 5.49. The van der Waals surface area contributed by atoms with Crippen molar-refractivity contribution in [2.24, 2.45) is 11.7 Å². The van der Waals surface area contributed by atoms with E-state index in [0.717, 1.165) is 29.6 Å². The first-order chi connectivity index (χ1) is 9.60. The molecule has 106 valence electrons. The number of fused-ring (bicyclic) bond motifs is 1. The molecule has 1 saturated heterocycles. The lowest BCUT2D eigenvalue weighted by atomic mass is 10.1. The molecule has 1 unspecified atom stereocenters. The first kappa shape index (κ1) is 14.1. The van der Waals surface area contributed by atoms with Crippen molar-refractivity contribution in [3.05, 3.63) is 33.1 Å². The molecule has 2 N–H and O–H groups in total. The summed E-state index contributed by atoms with van der Waals surface area (Å²) in [6.07, 6.45) is 0.969. The van der Waals surface area contributed by atoms with Gasteiger partial charge in [-0.25, -0.2) is 0 Å². The van der Waals surface area contributed by atoms with Crippen molar-refractivity contribution >= 4 is 50.5 Å².